The number of carbonyl (C=O) groups is 2. The van der Waals surface area contributed by atoms with Crippen LogP contribution in [0.5, 0.6) is 0 Å². The van der Waals surface area contributed by atoms with Gasteiger partial charge in [0.1, 0.15) is 0 Å². The molecule has 1 aromatic heterocycles. The average molecular weight is 407 g/mol. The van der Waals surface area contributed by atoms with Gasteiger partial charge >= 0.3 is 11.7 Å². The van der Waals surface area contributed by atoms with Crippen LogP contribution in [0.25, 0.3) is 10.9 Å². The van der Waals surface area contributed by atoms with Crippen molar-refractivity contribution in [2.45, 2.75) is 25.8 Å². The number of H-pyrrole nitrogens is 1. The number of carbonyl (C=O) groups excluding carboxylic acids is 2. The molecule has 1 saturated carbocycles. The summed E-state index contributed by atoms with van der Waals surface area (Å²) in [6.45, 7) is 0.204. The van der Waals surface area contributed by atoms with Crippen molar-refractivity contribution in [1.82, 2.24) is 9.55 Å². The van der Waals surface area contributed by atoms with E-state index in [1.54, 1.807) is 48.5 Å². The number of benzene rings is 2. The van der Waals surface area contributed by atoms with E-state index in [2.05, 4.69) is 10.3 Å². The molecule has 1 aliphatic rings. The molecule has 3 aromatic rings. The van der Waals surface area contributed by atoms with E-state index in [1.807, 2.05) is 0 Å². The van der Waals surface area contributed by atoms with Gasteiger partial charge in [-0.3, -0.25) is 14.2 Å². The number of amides is 1. The molecular weight excluding hydrogens is 386 g/mol. The molecule has 8 heteroatoms. The Morgan fingerprint density at radius 3 is 2.53 bits per heavy atom. The fourth-order valence-corrected chi connectivity index (χ4v) is 3.15. The van der Waals surface area contributed by atoms with Crippen LogP contribution in [0.4, 0.5) is 5.69 Å². The number of nitrogens with zero attached hydrogens (tertiary/aromatic N) is 1. The maximum Gasteiger partial charge on any atom is 0.338 e. The molecule has 2 aromatic carbocycles. The molecule has 1 fully saturated rings. The second-order valence-corrected chi connectivity index (χ2v) is 7.26. The van der Waals surface area contributed by atoms with E-state index < -0.39 is 11.7 Å². The van der Waals surface area contributed by atoms with Crippen LogP contribution in [-0.2, 0) is 16.1 Å². The number of aromatic nitrogens is 2. The summed E-state index contributed by atoms with van der Waals surface area (Å²) in [6, 6.07) is 13.3. The Labute approximate surface area is 171 Å². The lowest BCUT2D eigenvalue weighted by atomic mass is 10.2. The minimum atomic E-state index is -0.505. The highest BCUT2D eigenvalue weighted by Gasteiger charge is 2.29. The maximum absolute atomic E-state index is 12.5. The highest BCUT2D eigenvalue weighted by molar-refractivity contribution is 5.95. The summed E-state index contributed by atoms with van der Waals surface area (Å²) >= 11 is 0. The fourth-order valence-electron chi connectivity index (χ4n) is 3.15. The first-order valence-corrected chi connectivity index (χ1v) is 9.83. The van der Waals surface area contributed by atoms with Crippen LogP contribution in [0.3, 0.4) is 0 Å². The summed E-state index contributed by atoms with van der Waals surface area (Å²) in [4.78, 5) is 51.2. The molecule has 1 amide bonds. The largest absolute Gasteiger partial charge is 0.462 e. The molecule has 0 saturated heterocycles. The Morgan fingerprint density at radius 1 is 1.07 bits per heavy atom. The SMILES string of the molecule is O=C(OCCCn1c(=O)[nH]c2ccccc2c1=O)c1ccc(NC(=O)C2CC2)cc1. The molecule has 1 aliphatic carbocycles. The maximum atomic E-state index is 12.5. The average Bonchev–Trinajstić information content (AvgIpc) is 3.59. The Bertz CT molecular complexity index is 1210. The van der Waals surface area contributed by atoms with Crippen molar-refractivity contribution in [2.75, 3.05) is 11.9 Å². The Balaban J connectivity index is 1.31. The van der Waals surface area contributed by atoms with Gasteiger partial charge in [-0.2, -0.15) is 0 Å². The summed E-state index contributed by atoms with van der Waals surface area (Å²) < 4.78 is 6.34. The van der Waals surface area contributed by atoms with Gasteiger partial charge in [0, 0.05) is 18.2 Å². The molecule has 4 rings (SSSR count). The van der Waals surface area contributed by atoms with Crippen molar-refractivity contribution in [3.8, 4) is 0 Å². The number of fused-ring (bicyclic) bond motifs is 1. The smallest absolute Gasteiger partial charge is 0.338 e. The second-order valence-electron chi connectivity index (χ2n) is 7.26. The zero-order valence-electron chi connectivity index (χ0n) is 16.2. The van der Waals surface area contributed by atoms with Crippen molar-refractivity contribution < 1.29 is 14.3 Å². The van der Waals surface area contributed by atoms with E-state index in [-0.39, 0.29) is 30.5 Å². The predicted octanol–water partition coefficient (Wildman–Crippen LogP) is 2.29. The molecular formula is C22H21N3O5. The predicted molar refractivity (Wildman–Crippen MR) is 112 cm³/mol. The molecule has 0 unspecified atom stereocenters. The first kappa shape index (κ1) is 19.6. The van der Waals surface area contributed by atoms with E-state index in [9.17, 15) is 19.2 Å². The number of hydrogen-bond acceptors (Lipinski definition) is 5. The number of para-hydroxylation sites is 1. The third-order valence-corrected chi connectivity index (χ3v) is 4.98. The summed E-state index contributed by atoms with van der Waals surface area (Å²) in [5.74, 6) is -0.393. The molecule has 0 aliphatic heterocycles. The van der Waals surface area contributed by atoms with Crippen LogP contribution < -0.4 is 16.6 Å². The summed E-state index contributed by atoms with van der Waals surface area (Å²) in [6.07, 6.45) is 2.17. The Morgan fingerprint density at radius 2 is 1.80 bits per heavy atom. The Kier molecular flexibility index (Phi) is 5.47. The number of aromatic amines is 1. The fraction of sp³-hybridized carbons (Fsp3) is 0.273. The van der Waals surface area contributed by atoms with Crippen molar-refractivity contribution >= 4 is 28.5 Å². The number of hydrogen-bond donors (Lipinski definition) is 2. The van der Waals surface area contributed by atoms with Crippen LogP contribution in [0.2, 0.25) is 0 Å². The van der Waals surface area contributed by atoms with Gasteiger partial charge in [0.2, 0.25) is 5.91 Å². The van der Waals surface area contributed by atoms with Gasteiger partial charge in [0.15, 0.2) is 0 Å². The molecule has 0 atom stereocenters. The second kappa shape index (κ2) is 8.36. The van der Waals surface area contributed by atoms with Gasteiger partial charge in [-0.15, -0.1) is 0 Å². The van der Waals surface area contributed by atoms with Crippen LogP contribution >= 0.6 is 0 Å². The number of anilines is 1. The first-order valence-electron chi connectivity index (χ1n) is 9.83. The van der Waals surface area contributed by atoms with Crippen LogP contribution in [0, 0.1) is 5.92 Å². The zero-order chi connectivity index (χ0) is 21.1. The highest BCUT2D eigenvalue weighted by atomic mass is 16.5. The molecule has 0 radical (unpaired) electrons. The van der Waals surface area contributed by atoms with Gasteiger partial charge in [0.25, 0.3) is 5.56 Å². The van der Waals surface area contributed by atoms with Crippen molar-refractivity contribution in [2.24, 2.45) is 5.92 Å². The number of rotatable bonds is 7. The molecule has 8 nitrogen and oxygen atoms in total. The molecule has 2 N–H and O–H groups in total. The minimum absolute atomic E-state index is 0.00393. The monoisotopic (exact) mass is 407 g/mol. The number of nitrogens with one attached hydrogen (secondary N) is 2. The molecule has 0 bridgehead atoms. The third kappa shape index (κ3) is 4.32. The van der Waals surface area contributed by atoms with Gasteiger partial charge in [-0.1, -0.05) is 12.1 Å². The van der Waals surface area contributed by atoms with Crippen LogP contribution in [-0.4, -0.2) is 28.0 Å². The van der Waals surface area contributed by atoms with E-state index in [0.29, 0.717) is 28.6 Å². The normalized spacial score (nSPS) is 13.2. The van der Waals surface area contributed by atoms with Gasteiger partial charge < -0.3 is 15.0 Å². The van der Waals surface area contributed by atoms with E-state index in [4.69, 9.17) is 4.74 Å². The topological polar surface area (TPSA) is 110 Å². The highest BCUT2D eigenvalue weighted by Crippen LogP contribution is 2.30. The quantitative estimate of drug-likeness (QED) is 0.461. The lowest BCUT2D eigenvalue weighted by Crippen LogP contribution is -2.35. The summed E-state index contributed by atoms with van der Waals surface area (Å²) in [5.41, 5.74) is 0.629. The summed E-state index contributed by atoms with van der Waals surface area (Å²) in [7, 11) is 0. The van der Waals surface area contributed by atoms with E-state index >= 15 is 0 Å². The van der Waals surface area contributed by atoms with E-state index in [1.165, 1.54) is 0 Å². The molecule has 0 spiro atoms. The molecule has 30 heavy (non-hydrogen) atoms. The lowest BCUT2D eigenvalue weighted by molar-refractivity contribution is -0.117. The van der Waals surface area contributed by atoms with Gasteiger partial charge in [0.05, 0.1) is 23.1 Å². The van der Waals surface area contributed by atoms with Crippen LogP contribution in [0.1, 0.15) is 29.6 Å². The minimum Gasteiger partial charge on any atom is -0.462 e. The zero-order valence-corrected chi connectivity index (χ0v) is 16.2. The van der Waals surface area contributed by atoms with E-state index in [0.717, 1.165) is 17.4 Å². The number of esters is 1. The van der Waals surface area contributed by atoms with Crippen LogP contribution in [0.15, 0.2) is 58.1 Å². The van der Waals surface area contributed by atoms with Crippen molar-refractivity contribution in [3.05, 3.63) is 74.9 Å². The third-order valence-electron chi connectivity index (χ3n) is 4.98. The lowest BCUT2D eigenvalue weighted by Gasteiger charge is -2.08. The first-order chi connectivity index (χ1) is 14.5. The standard InChI is InChI=1S/C22H21N3O5/c26-19(14-6-7-14)23-16-10-8-15(9-11-16)21(28)30-13-3-12-25-20(27)17-4-1-2-5-18(17)24-22(25)29/h1-2,4-5,8-11,14H,3,6-7,12-13H2,(H,23,26)(H,24,29). The van der Waals surface area contributed by atoms with Gasteiger partial charge in [-0.05, 0) is 55.7 Å². The van der Waals surface area contributed by atoms with Crippen molar-refractivity contribution in [3.63, 3.8) is 0 Å². The number of ether oxygens (including phenoxy) is 1. The van der Waals surface area contributed by atoms with Gasteiger partial charge in [-0.25, -0.2) is 9.59 Å². The Hall–Kier alpha value is -3.68. The molecule has 154 valence electrons. The molecule has 1 heterocycles. The van der Waals surface area contributed by atoms with Crippen molar-refractivity contribution in [1.29, 1.82) is 0 Å². The summed E-state index contributed by atoms with van der Waals surface area (Å²) in [5, 5.41) is 3.24.